The standard InChI is InChI=1S/C20H19NO2.BrH/c22-19-11-15-8-9-21-18(17(15)12-20(19)23)10-14-6-3-5-13-4-1-2-7-16(13)14;/h1-7,11-12,18,21-23H,8-10H2;1H/t18-;/m1./s1. The molecule has 1 heterocycles. The lowest BCUT2D eigenvalue weighted by atomic mass is 9.88. The van der Waals surface area contributed by atoms with E-state index in [9.17, 15) is 10.2 Å². The second-order valence-corrected chi connectivity index (χ2v) is 6.14. The number of rotatable bonds is 2. The van der Waals surface area contributed by atoms with Crippen LogP contribution >= 0.6 is 17.0 Å². The lowest BCUT2D eigenvalue weighted by molar-refractivity contribution is 0.398. The Hall–Kier alpha value is -2.04. The molecule has 24 heavy (non-hydrogen) atoms. The van der Waals surface area contributed by atoms with Crippen LogP contribution < -0.4 is 5.32 Å². The molecule has 0 saturated carbocycles. The number of hydrogen-bond donors (Lipinski definition) is 3. The van der Waals surface area contributed by atoms with Crippen molar-refractivity contribution in [2.24, 2.45) is 0 Å². The van der Waals surface area contributed by atoms with E-state index in [4.69, 9.17) is 0 Å². The fraction of sp³-hybridized carbons (Fsp3) is 0.200. The molecule has 0 bridgehead atoms. The van der Waals surface area contributed by atoms with Crippen molar-refractivity contribution >= 4 is 27.8 Å². The third kappa shape index (κ3) is 2.99. The average molecular weight is 386 g/mol. The summed E-state index contributed by atoms with van der Waals surface area (Å²) in [5, 5.41) is 25.6. The first kappa shape index (κ1) is 16.8. The van der Waals surface area contributed by atoms with Crippen LogP contribution in [0, 0.1) is 0 Å². The van der Waals surface area contributed by atoms with Gasteiger partial charge < -0.3 is 15.5 Å². The van der Waals surface area contributed by atoms with E-state index in [1.165, 1.54) is 16.3 Å². The highest BCUT2D eigenvalue weighted by atomic mass is 79.9. The topological polar surface area (TPSA) is 52.5 Å². The van der Waals surface area contributed by atoms with E-state index in [0.717, 1.165) is 30.5 Å². The third-order valence-corrected chi connectivity index (χ3v) is 4.70. The molecule has 1 aliphatic heterocycles. The molecule has 0 aromatic heterocycles. The van der Waals surface area contributed by atoms with Gasteiger partial charge in [0, 0.05) is 6.04 Å². The maximum atomic E-state index is 9.85. The molecule has 3 N–H and O–H groups in total. The van der Waals surface area contributed by atoms with Crippen LogP contribution in [0.25, 0.3) is 10.8 Å². The summed E-state index contributed by atoms with van der Waals surface area (Å²) in [7, 11) is 0. The molecular formula is C20H20BrNO2. The van der Waals surface area contributed by atoms with Crippen molar-refractivity contribution in [2.75, 3.05) is 6.54 Å². The summed E-state index contributed by atoms with van der Waals surface area (Å²) < 4.78 is 0. The van der Waals surface area contributed by atoms with Gasteiger partial charge in [-0.2, -0.15) is 0 Å². The minimum Gasteiger partial charge on any atom is -0.504 e. The fourth-order valence-electron chi connectivity index (χ4n) is 3.54. The van der Waals surface area contributed by atoms with Crippen LogP contribution in [-0.4, -0.2) is 16.8 Å². The summed E-state index contributed by atoms with van der Waals surface area (Å²) in [5.41, 5.74) is 3.49. The number of hydrogen-bond acceptors (Lipinski definition) is 3. The Morgan fingerprint density at radius 3 is 2.58 bits per heavy atom. The number of nitrogens with one attached hydrogen (secondary N) is 1. The van der Waals surface area contributed by atoms with Gasteiger partial charge in [-0.1, -0.05) is 42.5 Å². The molecule has 0 radical (unpaired) electrons. The van der Waals surface area contributed by atoms with Crippen molar-refractivity contribution in [3.8, 4) is 11.5 Å². The monoisotopic (exact) mass is 385 g/mol. The van der Waals surface area contributed by atoms with Gasteiger partial charge in [0.05, 0.1) is 0 Å². The van der Waals surface area contributed by atoms with E-state index >= 15 is 0 Å². The summed E-state index contributed by atoms with van der Waals surface area (Å²) in [4.78, 5) is 0. The molecule has 0 saturated heterocycles. The van der Waals surface area contributed by atoms with Gasteiger partial charge in [-0.05, 0) is 59.0 Å². The molecule has 0 amide bonds. The fourth-order valence-corrected chi connectivity index (χ4v) is 3.54. The largest absolute Gasteiger partial charge is 0.504 e. The zero-order chi connectivity index (χ0) is 15.8. The van der Waals surface area contributed by atoms with Gasteiger partial charge in [0.1, 0.15) is 0 Å². The Morgan fingerprint density at radius 1 is 0.958 bits per heavy atom. The van der Waals surface area contributed by atoms with E-state index in [1.807, 2.05) is 0 Å². The summed E-state index contributed by atoms with van der Waals surface area (Å²) >= 11 is 0. The molecule has 124 valence electrons. The molecule has 0 fully saturated rings. The van der Waals surface area contributed by atoms with Crippen LogP contribution in [0.15, 0.2) is 54.6 Å². The minimum absolute atomic E-state index is 0. The lowest BCUT2D eigenvalue weighted by Crippen LogP contribution is -2.31. The Labute approximate surface area is 151 Å². The van der Waals surface area contributed by atoms with Gasteiger partial charge in [0.15, 0.2) is 11.5 Å². The van der Waals surface area contributed by atoms with E-state index in [2.05, 4.69) is 47.8 Å². The summed E-state index contributed by atoms with van der Waals surface area (Å²) in [6, 6.07) is 18.3. The van der Waals surface area contributed by atoms with E-state index in [-0.39, 0.29) is 34.5 Å². The highest BCUT2D eigenvalue weighted by Crippen LogP contribution is 2.35. The zero-order valence-corrected chi connectivity index (χ0v) is 14.9. The second-order valence-electron chi connectivity index (χ2n) is 6.14. The molecule has 1 atom stereocenters. The molecule has 0 spiro atoms. The second kappa shape index (κ2) is 6.83. The number of fused-ring (bicyclic) bond motifs is 2. The summed E-state index contributed by atoms with van der Waals surface area (Å²) in [6.45, 7) is 0.882. The van der Waals surface area contributed by atoms with Crippen LogP contribution in [0.2, 0.25) is 0 Å². The van der Waals surface area contributed by atoms with Crippen molar-refractivity contribution in [3.63, 3.8) is 0 Å². The molecule has 4 rings (SSSR count). The van der Waals surface area contributed by atoms with Gasteiger partial charge in [-0.15, -0.1) is 17.0 Å². The highest BCUT2D eigenvalue weighted by Gasteiger charge is 2.22. The predicted molar refractivity (Wildman–Crippen MR) is 102 cm³/mol. The van der Waals surface area contributed by atoms with Crippen LogP contribution in [0.4, 0.5) is 0 Å². The van der Waals surface area contributed by atoms with Crippen LogP contribution in [0.5, 0.6) is 11.5 Å². The molecule has 0 aliphatic carbocycles. The minimum atomic E-state index is -0.0460. The number of benzene rings is 3. The Balaban J connectivity index is 0.00000169. The SMILES string of the molecule is Br.Oc1cc2c(cc1O)[C@@H](Cc1cccc3ccccc13)NCC2. The zero-order valence-electron chi connectivity index (χ0n) is 13.2. The van der Waals surface area contributed by atoms with Crippen molar-refractivity contribution in [2.45, 2.75) is 18.9 Å². The van der Waals surface area contributed by atoms with E-state index < -0.39 is 0 Å². The van der Waals surface area contributed by atoms with Gasteiger partial charge in [0.25, 0.3) is 0 Å². The Morgan fingerprint density at radius 2 is 1.71 bits per heavy atom. The number of phenolic OH excluding ortho intramolecular Hbond substituents is 2. The van der Waals surface area contributed by atoms with E-state index in [0.29, 0.717) is 0 Å². The molecule has 0 unspecified atom stereocenters. The first-order chi connectivity index (χ1) is 11.2. The van der Waals surface area contributed by atoms with E-state index in [1.54, 1.807) is 12.1 Å². The predicted octanol–water partition coefficient (Wildman–Crippen LogP) is 4.26. The maximum Gasteiger partial charge on any atom is 0.157 e. The van der Waals surface area contributed by atoms with Crippen LogP contribution in [0.3, 0.4) is 0 Å². The maximum absolute atomic E-state index is 9.85. The molecule has 3 aromatic carbocycles. The van der Waals surface area contributed by atoms with Gasteiger partial charge in [-0.25, -0.2) is 0 Å². The molecule has 1 aliphatic rings. The smallest absolute Gasteiger partial charge is 0.157 e. The number of halogens is 1. The molecular weight excluding hydrogens is 366 g/mol. The number of phenols is 2. The Bertz CT molecular complexity index is 873. The third-order valence-electron chi connectivity index (χ3n) is 4.70. The summed E-state index contributed by atoms with van der Waals surface area (Å²) in [5.74, 6) is -0.0788. The summed E-state index contributed by atoms with van der Waals surface area (Å²) in [6.07, 6.45) is 1.73. The van der Waals surface area contributed by atoms with Crippen molar-refractivity contribution < 1.29 is 10.2 Å². The van der Waals surface area contributed by atoms with Gasteiger partial charge in [0.2, 0.25) is 0 Å². The highest BCUT2D eigenvalue weighted by molar-refractivity contribution is 8.93. The Kier molecular flexibility index (Phi) is 4.78. The van der Waals surface area contributed by atoms with Gasteiger partial charge in [-0.3, -0.25) is 0 Å². The van der Waals surface area contributed by atoms with Crippen molar-refractivity contribution in [1.29, 1.82) is 0 Å². The lowest BCUT2D eigenvalue weighted by Gasteiger charge is -2.28. The van der Waals surface area contributed by atoms with Crippen LogP contribution in [-0.2, 0) is 12.8 Å². The first-order valence-electron chi connectivity index (χ1n) is 7.97. The van der Waals surface area contributed by atoms with Crippen LogP contribution in [0.1, 0.15) is 22.7 Å². The normalized spacial score (nSPS) is 16.4. The van der Waals surface area contributed by atoms with Gasteiger partial charge >= 0.3 is 0 Å². The molecule has 4 heteroatoms. The van der Waals surface area contributed by atoms with Crippen molar-refractivity contribution in [1.82, 2.24) is 5.32 Å². The quantitative estimate of drug-likeness (QED) is 0.577. The molecule has 3 aromatic rings. The average Bonchev–Trinajstić information content (AvgIpc) is 2.57. The first-order valence-corrected chi connectivity index (χ1v) is 7.97. The number of aromatic hydroxyl groups is 2. The molecule has 3 nitrogen and oxygen atoms in total. The van der Waals surface area contributed by atoms with Crippen molar-refractivity contribution in [3.05, 3.63) is 71.3 Å².